The lowest BCUT2D eigenvalue weighted by Crippen LogP contribution is -2.47. The molecule has 2 aliphatic rings. The van der Waals surface area contributed by atoms with Crippen LogP contribution >= 0.6 is 0 Å². The van der Waals surface area contributed by atoms with E-state index in [0.717, 1.165) is 25.3 Å². The average molecular weight is 275 g/mol. The number of nitrogens with zero attached hydrogens (tertiary/aromatic N) is 2. The quantitative estimate of drug-likeness (QED) is 0.380. The third kappa shape index (κ3) is 2.64. The van der Waals surface area contributed by atoms with Gasteiger partial charge < -0.3 is 15.7 Å². The van der Waals surface area contributed by atoms with Gasteiger partial charge in [0.25, 0.3) is 0 Å². The van der Waals surface area contributed by atoms with Crippen LogP contribution < -0.4 is 5.73 Å². The fraction of sp³-hybridized carbons (Fsp3) is 0.533. The predicted octanol–water partition coefficient (Wildman–Crippen LogP) is 1.53. The molecular weight excluding hydrogens is 254 g/mol. The molecule has 3 N–H and O–H groups in total. The number of hydrogen-bond donors (Lipinski definition) is 2. The summed E-state index contributed by atoms with van der Waals surface area (Å²) >= 11 is 0. The molecule has 1 saturated heterocycles. The average Bonchev–Trinajstić information content (AvgIpc) is 2.97. The van der Waals surface area contributed by atoms with Gasteiger partial charge in [-0.15, -0.1) is 0 Å². The summed E-state index contributed by atoms with van der Waals surface area (Å²) in [5, 5.41) is 11.7. The van der Waals surface area contributed by atoms with Crippen LogP contribution in [0.2, 0.25) is 0 Å². The standard InChI is InChI=1S/C15H21N3O2/c16-15(17-19)12-6-4-11(5-7-12)10-18-8-9-20-14-3-1-2-13(14)18/h4-7,13-14,19H,1-3,8-10H2,(H2,16,17). The molecule has 0 spiro atoms. The maximum Gasteiger partial charge on any atom is 0.170 e. The molecule has 1 aromatic carbocycles. The Bertz CT molecular complexity index is 486. The Balaban J connectivity index is 1.68. The van der Waals surface area contributed by atoms with Gasteiger partial charge in [0.15, 0.2) is 5.84 Å². The number of rotatable bonds is 3. The van der Waals surface area contributed by atoms with E-state index in [9.17, 15) is 0 Å². The van der Waals surface area contributed by atoms with Crippen molar-refractivity contribution in [2.75, 3.05) is 13.2 Å². The summed E-state index contributed by atoms with van der Waals surface area (Å²) in [6.45, 7) is 2.79. The van der Waals surface area contributed by atoms with E-state index in [0.29, 0.717) is 12.1 Å². The van der Waals surface area contributed by atoms with Gasteiger partial charge in [0, 0.05) is 24.7 Å². The Morgan fingerprint density at radius 2 is 2.15 bits per heavy atom. The van der Waals surface area contributed by atoms with E-state index >= 15 is 0 Å². The summed E-state index contributed by atoms with van der Waals surface area (Å²) in [5.41, 5.74) is 7.58. The van der Waals surface area contributed by atoms with E-state index in [4.69, 9.17) is 15.7 Å². The van der Waals surface area contributed by atoms with Gasteiger partial charge in [-0.25, -0.2) is 0 Å². The van der Waals surface area contributed by atoms with Crippen LogP contribution in [-0.4, -0.2) is 41.2 Å². The lowest BCUT2D eigenvalue weighted by Gasteiger charge is -2.37. The van der Waals surface area contributed by atoms with E-state index in [-0.39, 0.29) is 5.84 Å². The van der Waals surface area contributed by atoms with Crippen molar-refractivity contribution in [2.24, 2.45) is 10.9 Å². The van der Waals surface area contributed by atoms with Crippen molar-refractivity contribution >= 4 is 5.84 Å². The molecule has 1 heterocycles. The van der Waals surface area contributed by atoms with Crippen molar-refractivity contribution in [3.8, 4) is 0 Å². The van der Waals surface area contributed by atoms with Gasteiger partial charge in [-0.2, -0.15) is 0 Å². The third-order valence-electron chi connectivity index (χ3n) is 4.34. The molecule has 0 radical (unpaired) electrons. The minimum Gasteiger partial charge on any atom is -0.409 e. The summed E-state index contributed by atoms with van der Waals surface area (Å²) in [6.07, 6.45) is 4.14. The normalized spacial score (nSPS) is 27.5. The molecule has 2 unspecified atom stereocenters. The van der Waals surface area contributed by atoms with Gasteiger partial charge in [0.1, 0.15) is 0 Å². The summed E-state index contributed by atoms with van der Waals surface area (Å²) in [6, 6.07) is 8.47. The van der Waals surface area contributed by atoms with Gasteiger partial charge in [0.05, 0.1) is 12.7 Å². The Labute approximate surface area is 119 Å². The first-order valence-corrected chi connectivity index (χ1v) is 7.20. The smallest absolute Gasteiger partial charge is 0.170 e. The Kier molecular flexibility index (Phi) is 3.89. The third-order valence-corrected chi connectivity index (χ3v) is 4.34. The van der Waals surface area contributed by atoms with Gasteiger partial charge in [-0.05, 0) is 24.8 Å². The number of nitrogens with two attached hydrogens (primary N) is 1. The Morgan fingerprint density at radius 3 is 2.90 bits per heavy atom. The van der Waals surface area contributed by atoms with Gasteiger partial charge in [-0.3, -0.25) is 4.90 Å². The number of benzene rings is 1. The fourth-order valence-electron chi connectivity index (χ4n) is 3.28. The van der Waals surface area contributed by atoms with E-state index in [2.05, 4.69) is 10.1 Å². The summed E-state index contributed by atoms with van der Waals surface area (Å²) in [4.78, 5) is 2.53. The number of fused-ring (bicyclic) bond motifs is 1. The molecule has 0 bridgehead atoms. The molecule has 2 atom stereocenters. The number of hydrogen-bond acceptors (Lipinski definition) is 4. The van der Waals surface area contributed by atoms with E-state index in [1.54, 1.807) is 0 Å². The highest BCUT2D eigenvalue weighted by Gasteiger charge is 2.35. The molecule has 2 fully saturated rings. The lowest BCUT2D eigenvalue weighted by atomic mass is 10.1. The number of amidine groups is 1. The summed E-state index contributed by atoms with van der Waals surface area (Å²) in [5.74, 6) is 0.152. The SMILES string of the molecule is NC(=NO)c1ccc(CN2CCOC3CCCC32)cc1. The summed E-state index contributed by atoms with van der Waals surface area (Å²) < 4.78 is 5.83. The molecule has 1 aromatic rings. The number of oxime groups is 1. The largest absolute Gasteiger partial charge is 0.409 e. The second-order valence-corrected chi connectivity index (χ2v) is 5.56. The molecule has 0 amide bonds. The van der Waals surface area contributed by atoms with Crippen LogP contribution in [0.4, 0.5) is 0 Å². The minimum absolute atomic E-state index is 0.152. The molecule has 5 heteroatoms. The molecule has 3 rings (SSSR count). The number of morpholine rings is 1. The van der Waals surface area contributed by atoms with Gasteiger partial charge >= 0.3 is 0 Å². The topological polar surface area (TPSA) is 71.1 Å². The monoisotopic (exact) mass is 275 g/mol. The van der Waals surface area contributed by atoms with E-state index in [1.165, 1.54) is 24.8 Å². The molecule has 1 saturated carbocycles. The predicted molar refractivity (Wildman–Crippen MR) is 76.7 cm³/mol. The molecule has 0 aromatic heterocycles. The molecule has 1 aliphatic carbocycles. The lowest BCUT2D eigenvalue weighted by molar-refractivity contribution is -0.0588. The molecule has 20 heavy (non-hydrogen) atoms. The van der Waals surface area contributed by atoms with Crippen LogP contribution in [0.25, 0.3) is 0 Å². The highest BCUT2D eigenvalue weighted by molar-refractivity contribution is 5.96. The van der Waals surface area contributed by atoms with E-state index < -0.39 is 0 Å². The maximum absolute atomic E-state index is 8.66. The van der Waals surface area contributed by atoms with Crippen molar-refractivity contribution in [2.45, 2.75) is 38.0 Å². The van der Waals surface area contributed by atoms with Gasteiger partial charge in [-0.1, -0.05) is 29.4 Å². The van der Waals surface area contributed by atoms with Crippen LogP contribution in [0.3, 0.4) is 0 Å². The van der Waals surface area contributed by atoms with Crippen LogP contribution in [-0.2, 0) is 11.3 Å². The summed E-state index contributed by atoms with van der Waals surface area (Å²) in [7, 11) is 0. The van der Waals surface area contributed by atoms with Crippen molar-refractivity contribution in [1.82, 2.24) is 4.90 Å². The highest BCUT2D eigenvalue weighted by Crippen LogP contribution is 2.30. The van der Waals surface area contributed by atoms with Crippen LogP contribution in [0, 0.1) is 0 Å². The second kappa shape index (κ2) is 5.81. The zero-order chi connectivity index (χ0) is 13.9. The fourth-order valence-corrected chi connectivity index (χ4v) is 3.28. The Morgan fingerprint density at radius 1 is 1.35 bits per heavy atom. The first-order chi connectivity index (χ1) is 9.78. The second-order valence-electron chi connectivity index (χ2n) is 5.56. The minimum atomic E-state index is 0.152. The molecular formula is C15H21N3O2. The molecule has 108 valence electrons. The van der Waals surface area contributed by atoms with Crippen molar-refractivity contribution in [3.63, 3.8) is 0 Å². The van der Waals surface area contributed by atoms with E-state index in [1.807, 2.05) is 24.3 Å². The van der Waals surface area contributed by atoms with Crippen molar-refractivity contribution in [1.29, 1.82) is 0 Å². The van der Waals surface area contributed by atoms with Crippen molar-refractivity contribution < 1.29 is 9.94 Å². The van der Waals surface area contributed by atoms with Crippen molar-refractivity contribution in [3.05, 3.63) is 35.4 Å². The maximum atomic E-state index is 8.66. The van der Waals surface area contributed by atoms with Crippen LogP contribution in [0.1, 0.15) is 30.4 Å². The first-order valence-electron chi connectivity index (χ1n) is 7.20. The zero-order valence-corrected chi connectivity index (χ0v) is 11.5. The molecule has 1 aliphatic heterocycles. The number of ether oxygens (including phenoxy) is 1. The van der Waals surface area contributed by atoms with Gasteiger partial charge in [0.2, 0.25) is 0 Å². The van der Waals surface area contributed by atoms with Crippen LogP contribution in [0.15, 0.2) is 29.4 Å². The zero-order valence-electron chi connectivity index (χ0n) is 11.5. The Hall–Kier alpha value is -1.59. The highest BCUT2D eigenvalue weighted by atomic mass is 16.5. The first kappa shape index (κ1) is 13.4. The van der Waals surface area contributed by atoms with Crippen LogP contribution in [0.5, 0.6) is 0 Å². The molecule has 5 nitrogen and oxygen atoms in total.